The van der Waals surface area contributed by atoms with E-state index in [9.17, 15) is 14.4 Å². The Morgan fingerprint density at radius 2 is 1.68 bits per heavy atom. The van der Waals surface area contributed by atoms with Crippen molar-refractivity contribution in [3.05, 3.63) is 28.8 Å². The van der Waals surface area contributed by atoms with E-state index in [1.807, 2.05) is 16.7 Å². The summed E-state index contributed by atoms with van der Waals surface area (Å²) in [5.41, 5.74) is 1.38. The number of benzene rings is 1. The number of amides is 4. The molecule has 1 aromatic rings. The van der Waals surface area contributed by atoms with Gasteiger partial charge >= 0.3 is 6.03 Å². The predicted molar refractivity (Wildman–Crippen MR) is 108 cm³/mol. The lowest BCUT2D eigenvalue weighted by Crippen LogP contribution is -2.50. The molecule has 0 spiro atoms. The Balaban J connectivity index is 1.41. The molecule has 0 bridgehead atoms. The highest BCUT2D eigenvalue weighted by atomic mass is 35.5. The molecule has 0 radical (unpaired) electrons. The van der Waals surface area contributed by atoms with Gasteiger partial charge in [0.25, 0.3) is 0 Å². The minimum atomic E-state index is -0.371. The number of carbonyl (C=O) groups is 3. The van der Waals surface area contributed by atoms with Crippen molar-refractivity contribution < 1.29 is 14.4 Å². The highest BCUT2D eigenvalue weighted by Gasteiger charge is 2.28. The average molecular weight is 407 g/mol. The Labute approximate surface area is 170 Å². The molecule has 1 aromatic carbocycles. The quantitative estimate of drug-likeness (QED) is 0.754. The first-order valence-electron chi connectivity index (χ1n) is 9.82. The average Bonchev–Trinajstić information content (AvgIpc) is 3.20. The number of halogens is 1. The molecule has 0 saturated carbocycles. The van der Waals surface area contributed by atoms with E-state index in [1.54, 1.807) is 18.2 Å². The molecule has 0 aromatic heterocycles. The Morgan fingerprint density at radius 1 is 1.04 bits per heavy atom. The third-order valence-electron chi connectivity index (χ3n) is 5.37. The Morgan fingerprint density at radius 3 is 2.36 bits per heavy atom. The predicted octanol–water partition coefficient (Wildman–Crippen LogP) is 2.77. The number of likely N-dealkylation sites (tertiary alicyclic amines) is 2. The summed E-state index contributed by atoms with van der Waals surface area (Å²) in [6.07, 6.45) is 3.34. The van der Waals surface area contributed by atoms with Crippen LogP contribution < -0.4 is 10.6 Å². The molecule has 152 valence electrons. The molecule has 2 fully saturated rings. The van der Waals surface area contributed by atoms with Gasteiger partial charge in [0.1, 0.15) is 6.42 Å². The highest BCUT2D eigenvalue weighted by Crippen LogP contribution is 2.23. The summed E-state index contributed by atoms with van der Waals surface area (Å²) in [5, 5.41) is 6.21. The molecule has 2 aliphatic rings. The topological polar surface area (TPSA) is 81.8 Å². The number of hydrogen-bond donors (Lipinski definition) is 2. The van der Waals surface area contributed by atoms with Crippen molar-refractivity contribution in [3.8, 4) is 0 Å². The van der Waals surface area contributed by atoms with E-state index in [-0.39, 0.29) is 30.3 Å². The van der Waals surface area contributed by atoms with E-state index in [0.717, 1.165) is 31.5 Å². The fraction of sp³-hybridized carbons (Fsp3) is 0.550. The molecule has 0 atom stereocenters. The Bertz CT molecular complexity index is 741. The van der Waals surface area contributed by atoms with Crippen molar-refractivity contribution in [1.29, 1.82) is 0 Å². The molecule has 2 aliphatic heterocycles. The summed E-state index contributed by atoms with van der Waals surface area (Å²) in [5.74, 6) is -0.675. The van der Waals surface area contributed by atoms with E-state index in [4.69, 9.17) is 11.6 Å². The zero-order valence-corrected chi connectivity index (χ0v) is 16.9. The molecule has 3 rings (SSSR count). The van der Waals surface area contributed by atoms with E-state index >= 15 is 0 Å². The SMILES string of the molecule is Cc1c(Cl)cccc1NC(=O)CC(=O)NC1CCN(C(=O)N2CCCC2)CC1. The van der Waals surface area contributed by atoms with Crippen LogP contribution in [-0.4, -0.2) is 59.9 Å². The lowest BCUT2D eigenvalue weighted by molar-refractivity contribution is -0.127. The third kappa shape index (κ3) is 5.16. The van der Waals surface area contributed by atoms with Crippen LogP contribution in [0.5, 0.6) is 0 Å². The number of anilines is 1. The lowest BCUT2D eigenvalue weighted by atomic mass is 10.1. The normalized spacial score (nSPS) is 17.5. The van der Waals surface area contributed by atoms with E-state index in [1.165, 1.54) is 0 Å². The maximum atomic E-state index is 12.4. The number of carbonyl (C=O) groups excluding carboxylic acids is 3. The summed E-state index contributed by atoms with van der Waals surface area (Å²) in [6.45, 7) is 4.77. The van der Waals surface area contributed by atoms with Gasteiger partial charge in [-0.1, -0.05) is 17.7 Å². The van der Waals surface area contributed by atoms with Crippen molar-refractivity contribution >= 4 is 35.1 Å². The van der Waals surface area contributed by atoms with Crippen LogP contribution in [0, 0.1) is 6.92 Å². The molecule has 4 amide bonds. The number of piperidine rings is 1. The molecular weight excluding hydrogens is 380 g/mol. The van der Waals surface area contributed by atoms with Gasteiger partial charge in [0.05, 0.1) is 0 Å². The van der Waals surface area contributed by atoms with Crippen LogP contribution in [0.15, 0.2) is 18.2 Å². The molecule has 7 nitrogen and oxygen atoms in total. The van der Waals surface area contributed by atoms with Crippen LogP contribution in [0.3, 0.4) is 0 Å². The largest absolute Gasteiger partial charge is 0.353 e. The van der Waals surface area contributed by atoms with Gasteiger partial charge in [-0.2, -0.15) is 0 Å². The molecule has 8 heteroatoms. The minimum Gasteiger partial charge on any atom is -0.353 e. The first kappa shape index (κ1) is 20.5. The van der Waals surface area contributed by atoms with Gasteiger partial charge in [-0.3, -0.25) is 9.59 Å². The van der Waals surface area contributed by atoms with Gasteiger partial charge in [0, 0.05) is 42.9 Å². The highest BCUT2D eigenvalue weighted by molar-refractivity contribution is 6.31. The Kier molecular flexibility index (Phi) is 6.78. The van der Waals surface area contributed by atoms with Gasteiger partial charge in [-0.25, -0.2) is 4.79 Å². The lowest BCUT2D eigenvalue weighted by Gasteiger charge is -2.34. The third-order valence-corrected chi connectivity index (χ3v) is 5.78. The van der Waals surface area contributed by atoms with E-state index in [2.05, 4.69) is 10.6 Å². The summed E-state index contributed by atoms with van der Waals surface area (Å²) < 4.78 is 0. The first-order valence-corrected chi connectivity index (χ1v) is 10.2. The molecule has 2 saturated heterocycles. The maximum Gasteiger partial charge on any atom is 0.319 e. The minimum absolute atomic E-state index is 0.00386. The standard InChI is InChI=1S/C20H27ClN4O3/c1-14-16(21)5-4-6-17(14)23-19(27)13-18(26)22-15-7-11-25(12-8-15)20(28)24-9-2-3-10-24/h4-6,15H,2-3,7-13H2,1H3,(H,22,26)(H,23,27). The van der Waals surface area contributed by atoms with Crippen molar-refractivity contribution in [2.45, 2.75) is 45.1 Å². The van der Waals surface area contributed by atoms with E-state index in [0.29, 0.717) is 36.6 Å². The second kappa shape index (κ2) is 9.28. The van der Waals surface area contributed by atoms with Crippen LogP contribution in [-0.2, 0) is 9.59 Å². The number of hydrogen-bond acceptors (Lipinski definition) is 3. The second-order valence-electron chi connectivity index (χ2n) is 7.44. The second-order valence-corrected chi connectivity index (χ2v) is 7.85. The number of urea groups is 1. The fourth-order valence-corrected chi connectivity index (χ4v) is 3.86. The fourth-order valence-electron chi connectivity index (χ4n) is 3.69. The Hall–Kier alpha value is -2.28. The molecule has 0 unspecified atom stereocenters. The van der Waals surface area contributed by atoms with Crippen molar-refractivity contribution in [2.75, 3.05) is 31.5 Å². The van der Waals surface area contributed by atoms with Crippen LogP contribution in [0.4, 0.5) is 10.5 Å². The van der Waals surface area contributed by atoms with Crippen LogP contribution in [0.2, 0.25) is 5.02 Å². The smallest absolute Gasteiger partial charge is 0.319 e. The first-order chi connectivity index (χ1) is 13.4. The van der Waals surface area contributed by atoms with Gasteiger partial charge in [-0.15, -0.1) is 0 Å². The van der Waals surface area contributed by atoms with Crippen molar-refractivity contribution in [3.63, 3.8) is 0 Å². The maximum absolute atomic E-state index is 12.4. The monoisotopic (exact) mass is 406 g/mol. The van der Waals surface area contributed by atoms with Crippen LogP contribution in [0.25, 0.3) is 0 Å². The summed E-state index contributed by atoms with van der Waals surface area (Å²) in [7, 11) is 0. The summed E-state index contributed by atoms with van der Waals surface area (Å²) in [6, 6.07) is 5.36. The zero-order chi connectivity index (χ0) is 20.1. The van der Waals surface area contributed by atoms with Crippen molar-refractivity contribution in [2.24, 2.45) is 0 Å². The van der Waals surface area contributed by atoms with Gasteiger partial charge < -0.3 is 20.4 Å². The molecule has 2 heterocycles. The summed E-state index contributed by atoms with van der Waals surface area (Å²) in [4.78, 5) is 40.5. The molecular formula is C20H27ClN4O3. The summed E-state index contributed by atoms with van der Waals surface area (Å²) >= 11 is 6.05. The van der Waals surface area contributed by atoms with Crippen molar-refractivity contribution in [1.82, 2.24) is 15.1 Å². The van der Waals surface area contributed by atoms with E-state index < -0.39 is 0 Å². The molecule has 0 aliphatic carbocycles. The van der Waals surface area contributed by atoms with Gasteiger partial charge in [0.15, 0.2) is 0 Å². The number of rotatable bonds is 4. The van der Waals surface area contributed by atoms with Crippen LogP contribution >= 0.6 is 11.6 Å². The molecule has 2 N–H and O–H groups in total. The number of nitrogens with one attached hydrogen (secondary N) is 2. The molecule has 28 heavy (non-hydrogen) atoms. The van der Waals surface area contributed by atoms with Crippen LogP contribution in [0.1, 0.15) is 37.7 Å². The zero-order valence-electron chi connectivity index (χ0n) is 16.2. The number of nitrogens with zero attached hydrogens (tertiary/aromatic N) is 2. The van der Waals surface area contributed by atoms with Gasteiger partial charge in [-0.05, 0) is 50.3 Å². The van der Waals surface area contributed by atoms with Gasteiger partial charge in [0.2, 0.25) is 11.8 Å².